The van der Waals surface area contributed by atoms with Crippen LogP contribution < -0.4 is 21.3 Å². The number of benzene rings is 2. The van der Waals surface area contributed by atoms with Gasteiger partial charge in [0.05, 0.1) is 0 Å². The van der Waals surface area contributed by atoms with Gasteiger partial charge in [-0.3, -0.25) is 9.80 Å². The lowest BCUT2D eigenvalue weighted by molar-refractivity contribution is 0.206. The quantitative estimate of drug-likeness (QED) is 0.604. The van der Waals surface area contributed by atoms with Crippen LogP contribution in [0, 0.1) is 11.6 Å². The Morgan fingerprint density at radius 3 is 1.13 bits per heavy atom. The molecular weight excluding hydrogens is 386 g/mol. The van der Waals surface area contributed by atoms with Gasteiger partial charge in [-0.25, -0.2) is 8.78 Å². The first-order valence-electron chi connectivity index (χ1n) is 10.5. The van der Waals surface area contributed by atoms with E-state index in [0.717, 1.165) is 77.1 Å². The Balaban J connectivity index is 1.46. The molecule has 0 spiro atoms. The van der Waals surface area contributed by atoms with E-state index in [2.05, 4.69) is 31.1 Å². The van der Waals surface area contributed by atoms with E-state index in [0.29, 0.717) is 0 Å². The average molecular weight is 419 g/mol. The minimum Gasteiger partial charge on any atom is -0.303 e. The number of halogens is 2. The molecule has 0 unspecified atom stereocenters. The number of nitrogens with zero attached hydrogens (tertiary/aromatic N) is 2. The number of nitrogens with one attached hydrogen (secondary N) is 4. The maximum absolute atomic E-state index is 13.1. The second kappa shape index (κ2) is 12.7. The van der Waals surface area contributed by atoms with Crippen molar-refractivity contribution in [2.75, 3.05) is 52.9 Å². The van der Waals surface area contributed by atoms with Crippen LogP contribution in [0.2, 0.25) is 0 Å². The molecule has 3 rings (SSSR count). The van der Waals surface area contributed by atoms with Crippen molar-refractivity contribution >= 4 is 0 Å². The Morgan fingerprint density at radius 2 is 0.833 bits per heavy atom. The van der Waals surface area contributed by atoms with Gasteiger partial charge in [0.25, 0.3) is 0 Å². The predicted molar refractivity (Wildman–Crippen MR) is 115 cm³/mol. The number of hydrogen-bond donors (Lipinski definition) is 4. The molecule has 1 aliphatic rings. The molecule has 0 saturated carbocycles. The zero-order valence-electron chi connectivity index (χ0n) is 17.3. The summed E-state index contributed by atoms with van der Waals surface area (Å²) in [5, 5.41) is 13.9. The van der Waals surface area contributed by atoms with Gasteiger partial charge in [0.1, 0.15) is 11.6 Å². The molecule has 0 radical (unpaired) electrons. The van der Waals surface area contributed by atoms with E-state index < -0.39 is 0 Å². The van der Waals surface area contributed by atoms with Crippen LogP contribution in [0.5, 0.6) is 0 Å². The maximum atomic E-state index is 13.1. The van der Waals surface area contributed by atoms with Gasteiger partial charge in [-0.05, 0) is 35.4 Å². The van der Waals surface area contributed by atoms with Crippen LogP contribution in [-0.2, 0) is 13.1 Å². The van der Waals surface area contributed by atoms with Crippen LogP contribution in [0.25, 0.3) is 0 Å². The van der Waals surface area contributed by atoms with Crippen LogP contribution in [0.3, 0.4) is 0 Å². The smallest absolute Gasteiger partial charge is 0.123 e. The largest absolute Gasteiger partial charge is 0.303 e. The van der Waals surface area contributed by atoms with E-state index in [1.54, 1.807) is 0 Å². The van der Waals surface area contributed by atoms with E-state index >= 15 is 0 Å². The molecule has 4 N–H and O–H groups in total. The standard InChI is InChI=1S/C22H32F2N6/c23-21-5-1-19(2-6-21)13-29-15-25-9-11-27-17-30(18-28-12-10-26-16-29)14-20-3-7-22(24)8-4-20/h1-8,25-28H,9-18H2. The van der Waals surface area contributed by atoms with Gasteiger partial charge in [0.2, 0.25) is 0 Å². The van der Waals surface area contributed by atoms with Crippen molar-refractivity contribution in [3.05, 3.63) is 71.3 Å². The highest BCUT2D eigenvalue weighted by atomic mass is 19.1. The number of hydrogen-bond acceptors (Lipinski definition) is 6. The highest BCUT2D eigenvalue weighted by molar-refractivity contribution is 5.16. The zero-order valence-corrected chi connectivity index (χ0v) is 17.3. The molecule has 8 heteroatoms. The molecule has 1 saturated heterocycles. The van der Waals surface area contributed by atoms with Crippen molar-refractivity contribution in [1.82, 2.24) is 31.1 Å². The normalized spacial score (nSPS) is 18.7. The minimum absolute atomic E-state index is 0.207. The van der Waals surface area contributed by atoms with Crippen molar-refractivity contribution < 1.29 is 8.78 Å². The third-order valence-corrected chi connectivity index (χ3v) is 4.94. The fourth-order valence-corrected chi connectivity index (χ4v) is 3.33. The van der Waals surface area contributed by atoms with E-state index in [4.69, 9.17) is 0 Å². The zero-order chi connectivity index (χ0) is 21.0. The second-order valence-electron chi connectivity index (χ2n) is 7.54. The van der Waals surface area contributed by atoms with Gasteiger partial charge in [-0.1, -0.05) is 24.3 Å². The summed E-state index contributed by atoms with van der Waals surface area (Å²) in [6, 6.07) is 13.4. The highest BCUT2D eigenvalue weighted by Crippen LogP contribution is 2.07. The van der Waals surface area contributed by atoms with Gasteiger partial charge in [-0.15, -0.1) is 0 Å². The Kier molecular flexibility index (Phi) is 9.62. The molecule has 0 atom stereocenters. The van der Waals surface area contributed by atoms with Crippen LogP contribution >= 0.6 is 0 Å². The molecule has 2 aromatic carbocycles. The van der Waals surface area contributed by atoms with E-state index in [-0.39, 0.29) is 11.6 Å². The van der Waals surface area contributed by atoms with Gasteiger partial charge in [0.15, 0.2) is 0 Å². The lowest BCUT2D eigenvalue weighted by Gasteiger charge is -2.26. The lowest BCUT2D eigenvalue weighted by atomic mass is 10.2. The SMILES string of the molecule is Fc1ccc(CN2CNCCNCN(Cc3ccc(F)cc3)CNCCNC2)cc1. The monoisotopic (exact) mass is 418 g/mol. The molecule has 0 amide bonds. The summed E-state index contributed by atoms with van der Waals surface area (Å²) < 4.78 is 26.3. The first-order valence-corrected chi connectivity index (χ1v) is 10.5. The highest BCUT2D eigenvalue weighted by Gasteiger charge is 2.09. The third-order valence-electron chi connectivity index (χ3n) is 4.94. The Morgan fingerprint density at radius 1 is 0.533 bits per heavy atom. The molecule has 164 valence electrons. The average Bonchev–Trinajstić information content (AvgIpc) is 2.75. The molecule has 2 aromatic rings. The first kappa shape index (κ1) is 22.7. The van der Waals surface area contributed by atoms with E-state index in [1.807, 2.05) is 24.3 Å². The van der Waals surface area contributed by atoms with Gasteiger partial charge in [0, 0.05) is 65.9 Å². The molecule has 1 aliphatic heterocycles. The van der Waals surface area contributed by atoms with Crippen molar-refractivity contribution in [2.45, 2.75) is 13.1 Å². The molecule has 0 aliphatic carbocycles. The first-order chi connectivity index (χ1) is 14.7. The fourth-order valence-electron chi connectivity index (χ4n) is 3.33. The second-order valence-corrected chi connectivity index (χ2v) is 7.54. The summed E-state index contributed by atoms with van der Waals surface area (Å²) in [6.07, 6.45) is 0. The molecule has 6 nitrogen and oxygen atoms in total. The molecule has 0 bridgehead atoms. The van der Waals surface area contributed by atoms with Crippen LogP contribution in [-0.4, -0.2) is 62.7 Å². The van der Waals surface area contributed by atoms with Crippen molar-refractivity contribution in [2.24, 2.45) is 0 Å². The third kappa shape index (κ3) is 8.43. The van der Waals surface area contributed by atoms with Crippen LogP contribution in [0.1, 0.15) is 11.1 Å². The van der Waals surface area contributed by atoms with Gasteiger partial charge >= 0.3 is 0 Å². The summed E-state index contributed by atoms with van der Waals surface area (Å²) in [5.74, 6) is -0.414. The molecular formula is C22H32F2N6. The van der Waals surface area contributed by atoms with Crippen molar-refractivity contribution in [3.8, 4) is 0 Å². The molecule has 1 fully saturated rings. The van der Waals surface area contributed by atoms with E-state index in [1.165, 1.54) is 24.3 Å². The molecule has 1 heterocycles. The Bertz CT molecular complexity index is 646. The van der Waals surface area contributed by atoms with Gasteiger partial charge < -0.3 is 21.3 Å². The lowest BCUT2D eigenvalue weighted by Crippen LogP contribution is -2.47. The summed E-state index contributed by atoms with van der Waals surface area (Å²) in [4.78, 5) is 4.53. The van der Waals surface area contributed by atoms with Crippen molar-refractivity contribution in [1.29, 1.82) is 0 Å². The summed E-state index contributed by atoms with van der Waals surface area (Å²) in [6.45, 7) is 7.89. The predicted octanol–water partition coefficient (Wildman–Crippen LogP) is 1.47. The minimum atomic E-state index is -0.207. The summed E-state index contributed by atoms with van der Waals surface area (Å²) in [5.41, 5.74) is 2.18. The topological polar surface area (TPSA) is 54.6 Å². The van der Waals surface area contributed by atoms with Gasteiger partial charge in [-0.2, -0.15) is 0 Å². The Labute approximate surface area is 177 Å². The number of rotatable bonds is 4. The fraction of sp³-hybridized carbons (Fsp3) is 0.455. The maximum Gasteiger partial charge on any atom is 0.123 e. The summed E-state index contributed by atoms with van der Waals surface area (Å²) in [7, 11) is 0. The van der Waals surface area contributed by atoms with Crippen LogP contribution in [0.4, 0.5) is 8.78 Å². The molecule has 30 heavy (non-hydrogen) atoms. The van der Waals surface area contributed by atoms with Crippen molar-refractivity contribution in [3.63, 3.8) is 0 Å². The summed E-state index contributed by atoms with van der Waals surface area (Å²) >= 11 is 0. The Hall–Kier alpha value is -1.94. The van der Waals surface area contributed by atoms with E-state index in [9.17, 15) is 8.78 Å². The molecule has 0 aromatic heterocycles. The van der Waals surface area contributed by atoms with Crippen LogP contribution in [0.15, 0.2) is 48.5 Å².